The fraction of sp³-hybridized carbons (Fsp3) is 0.382. The summed E-state index contributed by atoms with van der Waals surface area (Å²) in [7, 11) is 1.49. The zero-order chi connectivity index (χ0) is 32.2. The highest BCUT2D eigenvalue weighted by Gasteiger charge is 2.45. The highest BCUT2D eigenvalue weighted by Crippen LogP contribution is 2.43. The van der Waals surface area contributed by atoms with E-state index in [1.54, 1.807) is 31.3 Å². The molecule has 4 aromatic rings. The van der Waals surface area contributed by atoms with Crippen molar-refractivity contribution < 1.29 is 27.8 Å². The molecule has 0 N–H and O–H groups in total. The van der Waals surface area contributed by atoms with E-state index in [2.05, 4.69) is 31.7 Å². The number of aryl methyl sites for hydroxylation is 1. The van der Waals surface area contributed by atoms with Crippen LogP contribution in [0.5, 0.6) is 5.75 Å². The first-order valence-electron chi connectivity index (χ1n) is 14.7. The molecule has 4 heterocycles. The number of hydrogen-bond acceptors (Lipinski definition) is 7. The molecule has 45 heavy (non-hydrogen) atoms. The van der Waals surface area contributed by atoms with Crippen molar-refractivity contribution in [3.63, 3.8) is 0 Å². The Morgan fingerprint density at radius 3 is 2.51 bits per heavy atom. The van der Waals surface area contributed by atoms with Crippen molar-refractivity contribution in [2.45, 2.75) is 58.2 Å². The monoisotopic (exact) mass is 678 g/mol. The molecule has 1 amide bonds. The Labute approximate surface area is 268 Å². The van der Waals surface area contributed by atoms with Gasteiger partial charge in [0, 0.05) is 52.6 Å². The molecule has 2 aromatic heterocycles. The molecule has 2 saturated heterocycles. The third-order valence-electron chi connectivity index (χ3n) is 8.24. The summed E-state index contributed by atoms with van der Waals surface area (Å²) in [5.41, 5.74) is 0.281. The molecule has 8 nitrogen and oxygen atoms in total. The van der Waals surface area contributed by atoms with Gasteiger partial charge in [0.15, 0.2) is 12.6 Å². The zero-order valence-corrected chi connectivity index (χ0v) is 27.3. The van der Waals surface area contributed by atoms with Gasteiger partial charge in [-0.2, -0.15) is 0 Å². The number of amides is 1. The molecule has 2 fully saturated rings. The third kappa shape index (κ3) is 5.55. The standard InChI is InChI=1S/C34H33BrF2N4O4/c1-7-23-26(36)11-8-19-12-22(44-17-43-6)13-24(27(19)23)31-30(37)28-25(14-38-31)32(39-18(2)29(28)35)40-15-20-9-10-21(16-40)41(20)33(42)45-34(3,4)5/h1,8,11-14,20-21H,9-10,15-17H2,2-6H3. The van der Waals surface area contributed by atoms with Crippen LogP contribution in [-0.2, 0) is 9.47 Å². The van der Waals surface area contributed by atoms with Crippen LogP contribution < -0.4 is 9.64 Å². The topological polar surface area (TPSA) is 77.0 Å². The van der Waals surface area contributed by atoms with Crippen LogP contribution in [0.4, 0.5) is 19.4 Å². The Morgan fingerprint density at radius 1 is 1.16 bits per heavy atom. The summed E-state index contributed by atoms with van der Waals surface area (Å²) in [5, 5.41) is 1.72. The number of carbonyl (C=O) groups is 1. The number of halogens is 3. The minimum atomic E-state index is -0.612. The first-order chi connectivity index (χ1) is 21.4. The van der Waals surface area contributed by atoms with E-state index in [-0.39, 0.29) is 41.8 Å². The van der Waals surface area contributed by atoms with E-state index in [9.17, 15) is 9.18 Å². The van der Waals surface area contributed by atoms with E-state index in [1.807, 2.05) is 25.7 Å². The molecule has 2 atom stereocenters. The summed E-state index contributed by atoms with van der Waals surface area (Å²) in [5.74, 6) is 2.19. The lowest BCUT2D eigenvalue weighted by Gasteiger charge is -2.42. The molecule has 0 radical (unpaired) electrons. The van der Waals surface area contributed by atoms with Crippen LogP contribution in [0.2, 0.25) is 0 Å². The Bertz CT molecular complexity index is 1870. The second kappa shape index (κ2) is 11.7. The van der Waals surface area contributed by atoms with Gasteiger partial charge in [-0.15, -0.1) is 6.42 Å². The van der Waals surface area contributed by atoms with Crippen LogP contribution in [-0.4, -0.2) is 65.6 Å². The van der Waals surface area contributed by atoms with Gasteiger partial charge in [0.25, 0.3) is 0 Å². The quantitative estimate of drug-likeness (QED) is 0.161. The average molecular weight is 680 g/mol. The SMILES string of the molecule is C#Cc1c(F)ccc2cc(OCOC)cc(-c3ncc4c(N5CC6CCC(C5)N6C(=O)OC(C)(C)C)nc(C)c(Br)c4c3F)c12. The number of ether oxygens (including phenoxy) is 3. The van der Waals surface area contributed by atoms with Gasteiger partial charge in [0.05, 0.1) is 23.3 Å². The van der Waals surface area contributed by atoms with E-state index < -0.39 is 17.2 Å². The van der Waals surface area contributed by atoms with Crippen molar-refractivity contribution in [2.75, 3.05) is 31.9 Å². The van der Waals surface area contributed by atoms with Crippen molar-refractivity contribution in [2.24, 2.45) is 0 Å². The maximum atomic E-state index is 16.9. The lowest BCUT2D eigenvalue weighted by Crippen LogP contribution is -2.57. The normalized spacial score (nSPS) is 18.0. The zero-order valence-electron chi connectivity index (χ0n) is 25.7. The summed E-state index contributed by atoms with van der Waals surface area (Å²) >= 11 is 3.58. The molecule has 0 saturated carbocycles. The number of fused-ring (bicyclic) bond motifs is 4. The Hall–Kier alpha value is -4.01. The summed E-state index contributed by atoms with van der Waals surface area (Å²) in [4.78, 5) is 26.4. The molecule has 2 unspecified atom stereocenters. The second-order valence-corrected chi connectivity index (χ2v) is 13.2. The van der Waals surface area contributed by atoms with E-state index in [0.717, 1.165) is 12.8 Å². The number of rotatable bonds is 5. The summed E-state index contributed by atoms with van der Waals surface area (Å²) in [6, 6.07) is 6.02. The number of benzene rings is 2. The fourth-order valence-electron chi connectivity index (χ4n) is 6.39. The number of methoxy groups -OCH3 is 1. The lowest BCUT2D eigenvalue weighted by molar-refractivity contribution is 0.0123. The van der Waals surface area contributed by atoms with E-state index in [0.29, 0.717) is 56.4 Å². The van der Waals surface area contributed by atoms with Crippen molar-refractivity contribution in [3.05, 3.63) is 57.8 Å². The van der Waals surface area contributed by atoms with Crippen LogP contribution in [0.25, 0.3) is 32.8 Å². The molecule has 0 aliphatic carbocycles. The predicted octanol–water partition coefficient (Wildman–Crippen LogP) is 7.35. The summed E-state index contributed by atoms with van der Waals surface area (Å²) in [6.07, 6.45) is 8.69. The van der Waals surface area contributed by atoms with Crippen molar-refractivity contribution in [1.82, 2.24) is 14.9 Å². The minimum Gasteiger partial charge on any atom is -0.468 e. The molecule has 11 heteroatoms. The van der Waals surface area contributed by atoms with Gasteiger partial charge in [-0.1, -0.05) is 12.0 Å². The van der Waals surface area contributed by atoms with Gasteiger partial charge in [-0.05, 0) is 80.1 Å². The first-order valence-corrected chi connectivity index (χ1v) is 15.5. The molecular formula is C34H33BrF2N4O4. The maximum absolute atomic E-state index is 16.9. The molecule has 6 rings (SSSR count). The van der Waals surface area contributed by atoms with Crippen LogP contribution in [0.3, 0.4) is 0 Å². The highest BCUT2D eigenvalue weighted by atomic mass is 79.9. The van der Waals surface area contributed by atoms with Gasteiger partial charge >= 0.3 is 6.09 Å². The molecule has 2 bridgehead atoms. The molecule has 2 aromatic carbocycles. The number of hydrogen-bond donors (Lipinski definition) is 0. The number of nitrogens with zero attached hydrogens (tertiary/aromatic N) is 4. The van der Waals surface area contributed by atoms with E-state index >= 15 is 4.39 Å². The second-order valence-electron chi connectivity index (χ2n) is 12.4. The Morgan fingerprint density at radius 2 is 1.87 bits per heavy atom. The van der Waals surface area contributed by atoms with Crippen molar-refractivity contribution in [1.29, 1.82) is 0 Å². The van der Waals surface area contributed by atoms with E-state index in [1.165, 1.54) is 13.2 Å². The third-order valence-corrected chi connectivity index (χ3v) is 9.21. The van der Waals surface area contributed by atoms with Crippen molar-refractivity contribution in [3.8, 4) is 29.4 Å². The minimum absolute atomic E-state index is 0.00563. The summed E-state index contributed by atoms with van der Waals surface area (Å²) in [6.45, 7) is 8.38. The van der Waals surface area contributed by atoms with Crippen molar-refractivity contribution >= 4 is 49.4 Å². The fourth-order valence-corrected chi connectivity index (χ4v) is 6.87. The smallest absolute Gasteiger partial charge is 0.410 e. The Kier molecular flexibility index (Phi) is 8.08. The summed E-state index contributed by atoms with van der Waals surface area (Å²) < 4.78 is 48.7. The van der Waals surface area contributed by atoms with Gasteiger partial charge in [0.1, 0.15) is 28.7 Å². The lowest BCUT2D eigenvalue weighted by atomic mass is 9.95. The average Bonchev–Trinajstić information content (AvgIpc) is 3.26. The number of carbonyl (C=O) groups excluding carboxylic acids is 1. The number of aromatic nitrogens is 2. The van der Waals surface area contributed by atoms with Gasteiger partial charge in [-0.3, -0.25) is 9.88 Å². The van der Waals surface area contributed by atoms with Gasteiger partial charge in [-0.25, -0.2) is 18.6 Å². The predicted molar refractivity (Wildman–Crippen MR) is 172 cm³/mol. The molecule has 234 valence electrons. The molecule has 2 aliphatic heterocycles. The highest BCUT2D eigenvalue weighted by molar-refractivity contribution is 9.10. The molecule has 2 aliphatic rings. The van der Waals surface area contributed by atoms with Gasteiger partial charge < -0.3 is 19.1 Å². The number of pyridine rings is 2. The van der Waals surface area contributed by atoms with Crippen LogP contribution in [0.1, 0.15) is 44.9 Å². The largest absolute Gasteiger partial charge is 0.468 e. The van der Waals surface area contributed by atoms with Crippen LogP contribution in [0, 0.1) is 30.9 Å². The molecular weight excluding hydrogens is 646 g/mol. The number of piperazine rings is 1. The van der Waals surface area contributed by atoms with E-state index in [4.69, 9.17) is 25.6 Å². The van der Waals surface area contributed by atoms with Crippen LogP contribution >= 0.6 is 15.9 Å². The molecule has 0 spiro atoms. The first kappa shape index (κ1) is 31.0. The van der Waals surface area contributed by atoms with Crippen LogP contribution in [0.15, 0.2) is 34.9 Å². The number of anilines is 1. The maximum Gasteiger partial charge on any atom is 0.410 e. The number of terminal acetylenes is 1. The van der Waals surface area contributed by atoms with Gasteiger partial charge in [0.2, 0.25) is 0 Å². The Balaban J connectivity index is 1.47.